The zero-order valence-electron chi connectivity index (χ0n) is 12.2. The van der Waals surface area contributed by atoms with Crippen molar-refractivity contribution in [1.82, 2.24) is 0 Å². The van der Waals surface area contributed by atoms with Crippen LogP contribution >= 0.6 is 16.6 Å². The topological polar surface area (TPSA) is 98.0 Å². The molecule has 0 saturated heterocycles. The van der Waals surface area contributed by atoms with Crippen LogP contribution in [0.3, 0.4) is 0 Å². The van der Waals surface area contributed by atoms with Gasteiger partial charge in [0.05, 0.1) is 17.5 Å². The predicted octanol–water partition coefficient (Wildman–Crippen LogP) is 2.47. The van der Waals surface area contributed by atoms with Gasteiger partial charge in [-0.3, -0.25) is 4.57 Å². The van der Waals surface area contributed by atoms with Crippen LogP contribution < -0.4 is 0 Å². The van der Waals surface area contributed by atoms with Gasteiger partial charge in [0.25, 0.3) is 0 Å². The Bertz CT molecular complexity index is 178. The highest BCUT2D eigenvalue weighted by atomic mass is 31.1. The molecule has 0 aromatic heterocycles. The molecule has 0 heterocycles. The molecule has 0 rings (SSSR count). The number of aliphatic hydroxyl groups is 3. The third-order valence-electron chi connectivity index (χ3n) is 2.67. The second-order valence-corrected chi connectivity index (χ2v) is 7.25. The second kappa shape index (κ2) is 14.9. The van der Waals surface area contributed by atoms with Gasteiger partial charge in [-0.15, -0.1) is 0 Å². The zero-order chi connectivity index (χ0) is 15.3. The van der Waals surface area contributed by atoms with Gasteiger partial charge in [-0.05, 0) is 27.2 Å². The number of rotatable bonds is 9. The van der Waals surface area contributed by atoms with Crippen molar-refractivity contribution in [3.63, 3.8) is 0 Å². The molecule has 4 unspecified atom stereocenters. The minimum Gasteiger partial charge on any atom is -0.388 e. The van der Waals surface area contributed by atoms with E-state index in [0.717, 1.165) is 19.3 Å². The van der Waals surface area contributed by atoms with E-state index < -0.39 is 34.1 Å². The molecule has 5 nitrogen and oxygen atoms in total. The van der Waals surface area contributed by atoms with E-state index in [1.165, 1.54) is 0 Å². The van der Waals surface area contributed by atoms with Gasteiger partial charge >= 0.3 is 0 Å². The fourth-order valence-corrected chi connectivity index (χ4v) is 4.68. The summed E-state index contributed by atoms with van der Waals surface area (Å²) in [7, 11) is -2.60. The van der Waals surface area contributed by atoms with Crippen LogP contribution in [0.4, 0.5) is 0 Å². The minimum atomic E-state index is -1.50. The lowest BCUT2D eigenvalue weighted by atomic mass is 10.3. The number of aliphatic hydroxyl groups excluding tert-OH is 3. The summed E-state index contributed by atoms with van der Waals surface area (Å²) in [5, 5.41) is 30.0. The third-order valence-corrected chi connectivity index (χ3v) is 5.51. The van der Waals surface area contributed by atoms with Gasteiger partial charge in [0.1, 0.15) is 0 Å². The van der Waals surface area contributed by atoms with Gasteiger partial charge in [0, 0.05) is 0 Å². The highest BCUT2D eigenvalue weighted by Gasteiger charge is 2.31. The monoisotopic (exact) mass is 316 g/mol. The van der Waals surface area contributed by atoms with E-state index >= 15 is 0 Å². The van der Waals surface area contributed by atoms with Crippen molar-refractivity contribution in [1.29, 1.82) is 0 Å². The molecular weight excluding hydrogens is 286 g/mol. The van der Waals surface area contributed by atoms with E-state index in [1.54, 1.807) is 0 Å². The summed E-state index contributed by atoms with van der Waals surface area (Å²) >= 11 is 0. The molecule has 0 spiro atoms. The van der Waals surface area contributed by atoms with Crippen molar-refractivity contribution in [3.05, 3.63) is 0 Å². The van der Waals surface area contributed by atoms with E-state index in [4.69, 9.17) is 9.46 Å². The molecule has 0 amide bonds. The van der Waals surface area contributed by atoms with Gasteiger partial charge in [-0.2, -0.15) is 0 Å². The molecule has 0 saturated carbocycles. The summed E-state index contributed by atoms with van der Waals surface area (Å²) in [6, 6.07) is 0. The van der Waals surface area contributed by atoms with Crippen LogP contribution in [0.1, 0.15) is 59.3 Å². The molecule has 118 valence electrons. The highest BCUT2D eigenvalue weighted by Crippen LogP contribution is 2.52. The molecule has 4 atom stereocenters. The normalized spacial score (nSPS) is 17.6. The summed E-state index contributed by atoms with van der Waals surface area (Å²) in [6.07, 6.45) is 4.68. The smallest absolute Gasteiger partial charge is 0.177 e. The molecule has 0 aromatic rings. The molecule has 0 aliphatic rings. The van der Waals surface area contributed by atoms with Gasteiger partial charge < -0.3 is 20.2 Å². The van der Waals surface area contributed by atoms with Gasteiger partial charge in [-0.25, -0.2) is 0 Å². The van der Waals surface area contributed by atoms with Crippen LogP contribution in [-0.4, -0.2) is 37.7 Å². The Balaban J connectivity index is 0. The first-order chi connectivity index (χ1) is 8.99. The van der Waals surface area contributed by atoms with Crippen molar-refractivity contribution in [2.45, 2.75) is 76.8 Å². The van der Waals surface area contributed by atoms with Crippen LogP contribution in [-0.2, 0) is 4.57 Å². The molecule has 0 aromatic carbocycles. The van der Waals surface area contributed by atoms with E-state index in [1.807, 2.05) is 20.8 Å². The van der Waals surface area contributed by atoms with Crippen LogP contribution in [0, 0.1) is 0 Å². The predicted molar refractivity (Wildman–Crippen MR) is 82.3 cm³/mol. The molecule has 19 heavy (non-hydrogen) atoms. The maximum absolute atomic E-state index is 10.0. The number of hydrogen-bond acceptors (Lipinski definition) is 4. The maximum atomic E-state index is 10.0. The van der Waals surface area contributed by atoms with Crippen molar-refractivity contribution >= 4 is 16.6 Å². The first-order valence-corrected chi connectivity index (χ1v) is 9.43. The Morgan fingerprint density at radius 3 is 1.21 bits per heavy atom. The largest absolute Gasteiger partial charge is 0.388 e. The molecule has 0 fully saturated rings. The molecular formula is C12H30O5P2. The van der Waals surface area contributed by atoms with Gasteiger partial charge in [0.15, 0.2) is 8.69 Å². The lowest BCUT2D eigenvalue weighted by molar-refractivity contribution is 0.180. The molecule has 4 N–H and O–H groups in total. The zero-order valence-corrected chi connectivity index (χ0v) is 14.2. The highest BCUT2D eigenvalue weighted by molar-refractivity contribution is 7.59. The fraction of sp³-hybridized carbons (Fsp3) is 1.00. The number of hydrogen-bond donors (Lipinski definition) is 4. The Morgan fingerprint density at radius 2 is 1.05 bits per heavy atom. The lowest BCUT2D eigenvalue weighted by Gasteiger charge is -2.32. The van der Waals surface area contributed by atoms with E-state index in [9.17, 15) is 15.3 Å². The van der Waals surface area contributed by atoms with Crippen molar-refractivity contribution in [2.24, 2.45) is 0 Å². The minimum absolute atomic E-state index is 0.525. The van der Waals surface area contributed by atoms with E-state index in [0.29, 0.717) is 19.3 Å². The Hall–Kier alpha value is 0.500. The van der Waals surface area contributed by atoms with E-state index in [2.05, 4.69) is 0 Å². The van der Waals surface area contributed by atoms with Crippen molar-refractivity contribution < 1.29 is 24.8 Å². The van der Waals surface area contributed by atoms with Crippen molar-refractivity contribution in [2.75, 3.05) is 0 Å². The molecule has 0 aliphatic heterocycles. The summed E-state index contributed by atoms with van der Waals surface area (Å²) in [5.74, 6) is -1.57. The van der Waals surface area contributed by atoms with Crippen LogP contribution in [0.5, 0.6) is 0 Å². The lowest BCUT2D eigenvalue weighted by Crippen LogP contribution is -2.23. The average molecular weight is 316 g/mol. The Kier molecular flexibility index (Phi) is 17.1. The Morgan fingerprint density at radius 1 is 0.842 bits per heavy atom. The fourth-order valence-electron chi connectivity index (χ4n) is 1.82. The molecule has 7 heteroatoms. The Labute approximate surface area is 119 Å². The quantitative estimate of drug-likeness (QED) is 0.490. The van der Waals surface area contributed by atoms with Crippen LogP contribution in [0.2, 0.25) is 0 Å². The van der Waals surface area contributed by atoms with Crippen LogP contribution in [0.25, 0.3) is 0 Å². The standard InChI is InChI=1S/C12H27O3P.H3O2P/c1-4-7-10(13)16(11(14)8-5-2)12(15)9-6-3;1-3-2/h10-15H,4-9H2,1-3H3;3H2,(H,1,2). The summed E-state index contributed by atoms with van der Waals surface area (Å²) in [5.41, 5.74) is 0. The second-order valence-electron chi connectivity index (χ2n) is 4.36. The third kappa shape index (κ3) is 10.9. The average Bonchev–Trinajstić information content (AvgIpc) is 2.31. The first kappa shape index (κ1) is 21.8. The molecule has 0 aliphatic carbocycles. The molecule has 0 bridgehead atoms. The summed E-state index contributed by atoms with van der Waals surface area (Å²) < 4.78 is 8.57. The van der Waals surface area contributed by atoms with Gasteiger partial charge in [-0.1, -0.05) is 40.0 Å². The van der Waals surface area contributed by atoms with Crippen LogP contribution in [0.15, 0.2) is 0 Å². The van der Waals surface area contributed by atoms with E-state index in [-0.39, 0.29) is 0 Å². The molecule has 0 radical (unpaired) electrons. The SMILES string of the molecule is CCCC(O)P(C(O)CCC)C(O)CCC.O=[PH2]O. The maximum Gasteiger partial charge on any atom is 0.177 e. The van der Waals surface area contributed by atoms with Crippen molar-refractivity contribution in [3.8, 4) is 0 Å². The first-order valence-electron chi connectivity index (χ1n) is 6.89. The summed E-state index contributed by atoms with van der Waals surface area (Å²) in [6.45, 7) is 6.03. The summed E-state index contributed by atoms with van der Waals surface area (Å²) in [4.78, 5) is 7.10. The van der Waals surface area contributed by atoms with Gasteiger partial charge in [0.2, 0.25) is 0 Å².